The average molecular weight is 292 g/mol. The molecule has 3 rings (SSSR count). The maximum absolute atomic E-state index is 12.6. The lowest BCUT2D eigenvalue weighted by molar-refractivity contribution is -0.148. The van der Waals surface area contributed by atoms with Gasteiger partial charge in [-0.2, -0.15) is 0 Å². The molecule has 2 unspecified atom stereocenters. The van der Waals surface area contributed by atoms with Crippen molar-refractivity contribution in [2.45, 2.75) is 12.2 Å². The molecule has 6 nitrogen and oxygen atoms in total. The van der Waals surface area contributed by atoms with Crippen LogP contribution in [0.1, 0.15) is 0 Å². The summed E-state index contributed by atoms with van der Waals surface area (Å²) in [5.41, 5.74) is 0. The number of amides is 1. The number of morpholine rings is 1. The zero-order valence-corrected chi connectivity index (χ0v) is 12.1. The minimum Gasteiger partial charge on any atom is -0.485 e. The van der Waals surface area contributed by atoms with E-state index in [0.717, 1.165) is 6.54 Å². The van der Waals surface area contributed by atoms with Gasteiger partial charge in [0.05, 0.1) is 12.7 Å². The van der Waals surface area contributed by atoms with Crippen LogP contribution < -0.4 is 14.8 Å². The molecule has 1 fully saturated rings. The van der Waals surface area contributed by atoms with E-state index < -0.39 is 6.10 Å². The molecule has 1 aromatic carbocycles. The Morgan fingerprint density at radius 3 is 3.00 bits per heavy atom. The van der Waals surface area contributed by atoms with Crippen LogP contribution in [0.5, 0.6) is 11.5 Å². The van der Waals surface area contributed by atoms with Gasteiger partial charge in [0.2, 0.25) is 6.10 Å². The fourth-order valence-corrected chi connectivity index (χ4v) is 2.62. The van der Waals surface area contributed by atoms with Crippen molar-refractivity contribution in [1.82, 2.24) is 10.2 Å². The van der Waals surface area contributed by atoms with Gasteiger partial charge in [0.1, 0.15) is 6.61 Å². The SMILES string of the molecule is CNCC1CN(C(=O)C2COc3ccccc3O2)CCO1. The summed E-state index contributed by atoms with van der Waals surface area (Å²) in [6.07, 6.45) is -0.544. The third-order valence-corrected chi connectivity index (χ3v) is 3.67. The summed E-state index contributed by atoms with van der Waals surface area (Å²) in [5.74, 6) is 1.28. The summed E-state index contributed by atoms with van der Waals surface area (Å²) < 4.78 is 17.0. The van der Waals surface area contributed by atoms with Gasteiger partial charge in [-0.05, 0) is 19.2 Å². The molecule has 0 aromatic heterocycles. The highest BCUT2D eigenvalue weighted by molar-refractivity contribution is 5.82. The Kier molecular flexibility index (Phi) is 4.26. The maximum atomic E-state index is 12.6. The number of nitrogens with one attached hydrogen (secondary N) is 1. The second kappa shape index (κ2) is 6.32. The van der Waals surface area contributed by atoms with Crippen LogP contribution in [0.3, 0.4) is 0 Å². The monoisotopic (exact) mass is 292 g/mol. The summed E-state index contributed by atoms with van der Waals surface area (Å²) in [4.78, 5) is 14.4. The Morgan fingerprint density at radius 2 is 2.19 bits per heavy atom. The van der Waals surface area contributed by atoms with E-state index >= 15 is 0 Å². The molecule has 2 aliphatic heterocycles. The van der Waals surface area contributed by atoms with Gasteiger partial charge in [-0.25, -0.2) is 0 Å². The highest BCUT2D eigenvalue weighted by Gasteiger charge is 2.33. The van der Waals surface area contributed by atoms with E-state index in [0.29, 0.717) is 31.2 Å². The first-order valence-electron chi connectivity index (χ1n) is 7.21. The van der Waals surface area contributed by atoms with Crippen molar-refractivity contribution in [2.24, 2.45) is 0 Å². The maximum Gasteiger partial charge on any atom is 0.267 e. The van der Waals surface area contributed by atoms with Crippen LogP contribution in [0.25, 0.3) is 0 Å². The number of carbonyl (C=O) groups excluding carboxylic acids is 1. The summed E-state index contributed by atoms with van der Waals surface area (Å²) in [6, 6.07) is 7.41. The van der Waals surface area contributed by atoms with Crippen LogP contribution in [0.4, 0.5) is 0 Å². The average Bonchev–Trinajstić information content (AvgIpc) is 2.54. The van der Waals surface area contributed by atoms with E-state index in [9.17, 15) is 4.79 Å². The normalized spacial score (nSPS) is 24.7. The molecule has 1 aromatic rings. The van der Waals surface area contributed by atoms with Crippen molar-refractivity contribution < 1.29 is 19.0 Å². The number of benzene rings is 1. The van der Waals surface area contributed by atoms with Crippen LogP contribution in [0.15, 0.2) is 24.3 Å². The molecule has 1 amide bonds. The molecule has 0 bridgehead atoms. The molecule has 0 spiro atoms. The van der Waals surface area contributed by atoms with Crippen LogP contribution in [-0.4, -0.2) is 62.9 Å². The van der Waals surface area contributed by atoms with Gasteiger partial charge in [-0.15, -0.1) is 0 Å². The molecule has 0 aliphatic carbocycles. The van der Waals surface area contributed by atoms with Crippen molar-refractivity contribution in [1.29, 1.82) is 0 Å². The minimum absolute atomic E-state index is 0.0319. The Hall–Kier alpha value is -1.79. The molecule has 2 heterocycles. The first-order valence-corrected chi connectivity index (χ1v) is 7.21. The van der Waals surface area contributed by atoms with Crippen molar-refractivity contribution in [3.8, 4) is 11.5 Å². The van der Waals surface area contributed by atoms with E-state index in [2.05, 4.69) is 5.32 Å². The van der Waals surface area contributed by atoms with Crippen molar-refractivity contribution in [3.05, 3.63) is 24.3 Å². The molecule has 6 heteroatoms. The van der Waals surface area contributed by atoms with Crippen LogP contribution in [0.2, 0.25) is 0 Å². The number of ether oxygens (including phenoxy) is 3. The predicted octanol–water partition coefficient (Wildman–Crippen LogP) is 0.273. The molecular formula is C15H20N2O4. The number of hydrogen-bond acceptors (Lipinski definition) is 5. The topological polar surface area (TPSA) is 60.0 Å². The smallest absolute Gasteiger partial charge is 0.267 e. The second-order valence-corrected chi connectivity index (χ2v) is 5.20. The highest BCUT2D eigenvalue weighted by atomic mass is 16.6. The lowest BCUT2D eigenvalue weighted by atomic mass is 10.2. The highest BCUT2D eigenvalue weighted by Crippen LogP contribution is 2.31. The molecule has 1 saturated heterocycles. The summed E-state index contributed by atoms with van der Waals surface area (Å²) in [6.45, 7) is 2.72. The summed E-state index contributed by atoms with van der Waals surface area (Å²) >= 11 is 0. The van der Waals surface area contributed by atoms with Crippen LogP contribution in [0, 0.1) is 0 Å². The van der Waals surface area contributed by atoms with Crippen molar-refractivity contribution >= 4 is 5.91 Å². The molecular weight excluding hydrogens is 272 g/mol. The summed E-state index contributed by atoms with van der Waals surface area (Å²) in [5, 5.41) is 3.07. The van der Waals surface area contributed by atoms with Gasteiger partial charge < -0.3 is 24.4 Å². The van der Waals surface area contributed by atoms with E-state index in [1.165, 1.54) is 0 Å². The lowest BCUT2D eigenvalue weighted by Crippen LogP contribution is -2.54. The predicted molar refractivity (Wildman–Crippen MR) is 76.6 cm³/mol. The third-order valence-electron chi connectivity index (χ3n) is 3.67. The number of hydrogen-bond donors (Lipinski definition) is 1. The fourth-order valence-electron chi connectivity index (χ4n) is 2.62. The third kappa shape index (κ3) is 3.11. The van der Waals surface area contributed by atoms with Crippen LogP contribution >= 0.6 is 0 Å². The van der Waals surface area contributed by atoms with Gasteiger partial charge >= 0.3 is 0 Å². The number of carbonyl (C=O) groups is 1. The van der Waals surface area contributed by atoms with Gasteiger partial charge in [0.25, 0.3) is 5.91 Å². The second-order valence-electron chi connectivity index (χ2n) is 5.20. The molecule has 1 N–H and O–H groups in total. The van der Waals surface area contributed by atoms with Crippen molar-refractivity contribution in [3.63, 3.8) is 0 Å². The summed E-state index contributed by atoms with van der Waals surface area (Å²) in [7, 11) is 1.87. The standard InChI is InChI=1S/C15H20N2O4/c1-16-8-11-9-17(6-7-19-11)15(18)14-10-20-12-4-2-3-5-13(12)21-14/h2-5,11,14,16H,6-10H2,1H3. The minimum atomic E-state index is -0.576. The van der Waals surface area contributed by atoms with E-state index in [-0.39, 0.29) is 18.6 Å². The van der Waals surface area contributed by atoms with Gasteiger partial charge in [0, 0.05) is 19.6 Å². The number of rotatable bonds is 3. The van der Waals surface area contributed by atoms with Gasteiger partial charge in [-0.3, -0.25) is 4.79 Å². The molecule has 21 heavy (non-hydrogen) atoms. The Morgan fingerprint density at radius 1 is 1.38 bits per heavy atom. The number of likely N-dealkylation sites (N-methyl/N-ethyl adjacent to an activating group) is 1. The Balaban J connectivity index is 1.63. The number of nitrogens with zero attached hydrogens (tertiary/aromatic N) is 1. The lowest BCUT2D eigenvalue weighted by Gasteiger charge is -2.36. The van der Waals surface area contributed by atoms with E-state index in [4.69, 9.17) is 14.2 Å². The first kappa shape index (κ1) is 14.2. The molecule has 114 valence electrons. The van der Waals surface area contributed by atoms with Crippen LogP contribution in [-0.2, 0) is 9.53 Å². The zero-order chi connectivity index (χ0) is 14.7. The Bertz CT molecular complexity index is 506. The fraction of sp³-hybridized carbons (Fsp3) is 0.533. The van der Waals surface area contributed by atoms with E-state index in [1.54, 1.807) is 4.90 Å². The number of para-hydroxylation sites is 2. The largest absolute Gasteiger partial charge is 0.485 e. The van der Waals surface area contributed by atoms with Gasteiger partial charge in [-0.1, -0.05) is 12.1 Å². The molecule has 2 aliphatic rings. The quantitative estimate of drug-likeness (QED) is 0.867. The molecule has 0 saturated carbocycles. The first-order chi connectivity index (χ1) is 10.3. The van der Waals surface area contributed by atoms with Crippen molar-refractivity contribution in [2.75, 3.05) is 39.9 Å². The molecule has 2 atom stereocenters. The Labute approximate surface area is 124 Å². The van der Waals surface area contributed by atoms with E-state index in [1.807, 2.05) is 31.3 Å². The van der Waals surface area contributed by atoms with Gasteiger partial charge in [0.15, 0.2) is 11.5 Å². The molecule has 0 radical (unpaired) electrons. The number of fused-ring (bicyclic) bond motifs is 1. The zero-order valence-electron chi connectivity index (χ0n) is 12.1.